The predicted octanol–water partition coefficient (Wildman–Crippen LogP) is 3.04. The lowest BCUT2D eigenvalue weighted by molar-refractivity contribution is 0.162. The Bertz CT molecular complexity index is 449. The predicted molar refractivity (Wildman–Crippen MR) is 78.3 cm³/mol. The molecule has 104 valence electrons. The van der Waals surface area contributed by atoms with Gasteiger partial charge in [-0.15, -0.1) is 6.42 Å². The van der Waals surface area contributed by atoms with Crippen molar-refractivity contribution in [2.75, 3.05) is 11.9 Å². The third kappa shape index (κ3) is 4.44. The topological polar surface area (TPSA) is 47.0 Å². The van der Waals surface area contributed by atoms with Crippen molar-refractivity contribution < 1.29 is 4.74 Å². The lowest BCUT2D eigenvalue weighted by atomic mass is 10.1. The van der Waals surface area contributed by atoms with Gasteiger partial charge in [0.05, 0.1) is 5.56 Å². The zero-order valence-electron chi connectivity index (χ0n) is 12.3. The zero-order valence-corrected chi connectivity index (χ0v) is 12.3. The maximum Gasteiger partial charge on any atom is 0.223 e. The van der Waals surface area contributed by atoms with Gasteiger partial charge in [-0.1, -0.05) is 26.2 Å². The minimum Gasteiger partial charge on any atom is -0.458 e. The highest BCUT2D eigenvalue weighted by atomic mass is 16.5. The Kier molecular flexibility index (Phi) is 5.62. The normalized spacial score (nSPS) is 10.9. The molecule has 0 atom stereocenters. The van der Waals surface area contributed by atoms with Crippen LogP contribution in [0, 0.1) is 12.3 Å². The maximum absolute atomic E-state index is 5.83. The van der Waals surface area contributed by atoms with Gasteiger partial charge in [-0.05, 0) is 26.7 Å². The molecule has 0 bridgehead atoms. The van der Waals surface area contributed by atoms with Crippen LogP contribution < -0.4 is 10.1 Å². The molecule has 1 N–H and O–H groups in total. The average molecular weight is 261 g/mol. The highest BCUT2D eigenvalue weighted by molar-refractivity contribution is 5.49. The van der Waals surface area contributed by atoms with E-state index in [4.69, 9.17) is 11.2 Å². The van der Waals surface area contributed by atoms with Crippen molar-refractivity contribution in [3.05, 3.63) is 11.9 Å². The number of nitrogens with zero attached hydrogens (tertiary/aromatic N) is 2. The highest BCUT2D eigenvalue weighted by Gasteiger charge is 2.20. The van der Waals surface area contributed by atoms with E-state index >= 15 is 0 Å². The summed E-state index contributed by atoms with van der Waals surface area (Å²) >= 11 is 0. The van der Waals surface area contributed by atoms with Crippen molar-refractivity contribution in [1.82, 2.24) is 9.97 Å². The first-order valence-electron chi connectivity index (χ1n) is 6.78. The number of anilines is 1. The molecule has 0 saturated heterocycles. The minimum absolute atomic E-state index is 0.582. The number of ether oxygens (including phenoxy) is 1. The van der Waals surface area contributed by atoms with E-state index < -0.39 is 5.60 Å². The van der Waals surface area contributed by atoms with Crippen LogP contribution in [0.2, 0.25) is 0 Å². The van der Waals surface area contributed by atoms with Gasteiger partial charge in [0.15, 0.2) is 5.60 Å². The van der Waals surface area contributed by atoms with Crippen molar-refractivity contribution in [3.63, 3.8) is 0 Å². The van der Waals surface area contributed by atoms with Crippen molar-refractivity contribution in [1.29, 1.82) is 0 Å². The van der Waals surface area contributed by atoms with Crippen LogP contribution in [0.5, 0.6) is 5.88 Å². The molecule has 0 amide bonds. The molecule has 4 heteroatoms. The fourth-order valence-electron chi connectivity index (χ4n) is 1.63. The SMILES string of the molecule is C#CC(C)(C)Oc1ncnc(NCCC)c1CCC. The third-order valence-electron chi connectivity index (χ3n) is 2.65. The molecule has 0 aliphatic carbocycles. The van der Waals surface area contributed by atoms with E-state index in [1.165, 1.54) is 6.33 Å². The average Bonchev–Trinajstić information content (AvgIpc) is 2.39. The molecule has 1 aromatic rings. The lowest BCUT2D eigenvalue weighted by Gasteiger charge is -2.22. The van der Waals surface area contributed by atoms with Gasteiger partial charge in [0.2, 0.25) is 5.88 Å². The molecule has 0 spiro atoms. The molecule has 19 heavy (non-hydrogen) atoms. The van der Waals surface area contributed by atoms with Gasteiger partial charge in [-0.3, -0.25) is 0 Å². The molecule has 0 radical (unpaired) electrons. The Hall–Kier alpha value is -1.76. The van der Waals surface area contributed by atoms with Crippen LogP contribution in [0.4, 0.5) is 5.82 Å². The van der Waals surface area contributed by atoms with E-state index in [0.717, 1.165) is 37.2 Å². The number of aromatic nitrogens is 2. The standard InChI is InChI=1S/C15H23N3O/c1-6-9-12-13(16-10-7-2)17-11-18-14(12)19-15(4,5)8-3/h3,11H,6-7,9-10H2,1-2,4-5H3,(H,16,17,18). The fourth-order valence-corrected chi connectivity index (χ4v) is 1.63. The molecule has 0 unspecified atom stereocenters. The Morgan fingerprint density at radius 1 is 1.32 bits per heavy atom. The van der Waals surface area contributed by atoms with Crippen LogP contribution in [0.25, 0.3) is 0 Å². The fraction of sp³-hybridized carbons (Fsp3) is 0.600. The van der Waals surface area contributed by atoms with Gasteiger partial charge in [0, 0.05) is 6.54 Å². The van der Waals surface area contributed by atoms with E-state index in [2.05, 4.69) is 35.1 Å². The summed E-state index contributed by atoms with van der Waals surface area (Å²) in [5.41, 5.74) is 0.334. The van der Waals surface area contributed by atoms with Gasteiger partial charge in [-0.2, -0.15) is 0 Å². The van der Waals surface area contributed by atoms with Crippen LogP contribution in [0.3, 0.4) is 0 Å². The second kappa shape index (κ2) is 6.98. The molecule has 0 saturated carbocycles. The van der Waals surface area contributed by atoms with Gasteiger partial charge < -0.3 is 10.1 Å². The first-order chi connectivity index (χ1) is 9.04. The molecular formula is C15H23N3O. The largest absolute Gasteiger partial charge is 0.458 e. The number of rotatable bonds is 7. The summed E-state index contributed by atoms with van der Waals surface area (Å²) < 4.78 is 5.83. The van der Waals surface area contributed by atoms with Crippen LogP contribution >= 0.6 is 0 Å². The number of nitrogens with one attached hydrogen (secondary N) is 1. The molecule has 0 fully saturated rings. The smallest absolute Gasteiger partial charge is 0.223 e. The first-order valence-corrected chi connectivity index (χ1v) is 6.78. The summed E-state index contributed by atoms with van der Waals surface area (Å²) in [5, 5.41) is 3.31. The minimum atomic E-state index is -0.668. The van der Waals surface area contributed by atoms with Crippen molar-refractivity contribution in [2.45, 2.75) is 52.6 Å². The highest BCUT2D eigenvalue weighted by Crippen LogP contribution is 2.26. The molecule has 1 heterocycles. The summed E-state index contributed by atoms with van der Waals surface area (Å²) in [7, 11) is 0. The zero-order chi connectivity index (χ0) is 14.3. The summed E-state index contributed by atoms with van der Waals surface area (Å²) in [5.74, 6) is 4.05. The van der Waals surface area contributed by atoms with Crippen LogP contribution in [-0.4, -0.2) is 22.1 Å². The molecule has 0 aromatic carbocycles. The Balaban J connectivity index is 3.05. The van der Waals surface area contributed by atoms with E-state index in [-0.39, 0.29) is 0 Å². The first kappa shape index (κ1) is 15.3. The van der Waals surface area contributed by atoms with E-state index in [1.807, 2.05) is 13.8 Å². The van der Waals surface area contributed by atoms with E-state index in [0.29, 0.717) is 5.88 Å². The second-order valence-corrected chi connectivity index (χ2v) is 4.94. The Morgan fingerprint density at radius 2 is 2.05 bits per heavy atom. The quantitative estimate of drug-likeness (QED) is 0.766. The molecule has 1 aromatic heterocycles. The molecule has 4 nitrogen and oxygen atoms in total. The molecule has 1 rings (SSSR count). The van der Waals surface area contributed by atoms with Gasteiger partial charge >= 0.3 is 0 Å². The molecule has 0 aliphatic rings. The Morgan fingerprint density at radius 3 is 2.63 bits per heavy atom. The van der Waals surface area contributed by atoms with E-state index in [1.54, 1.807) is 0 Å². The molecule has 0 aliphatic heterocycles. The van der Waals surface area contributed by atoms with Gasteiger partial charge in [-0.25, -0.2) is 9.97 Å². The van der Waals surface area contributed by atoms with E-state index in [9.17, 15) is 0 Å². The number of hydrogen-bond acceptors (Lipinski definition) is 4. The lowest BCUT2D eigenvalue weighted by Crippen LogP contribution is -2.27. The summed E-state index contributed by atoms with van der Waals surface area (Å²) in [4.78, 5) is 8.53. The van der Waals surface area contributed by atoms with Crippen molar-refractivity contribution in [2.24, 2.45) is 0 Å². The summed E-state index contributed by atoms with van der Waals surface area (Å²) in [6.07, 6.45) is 9.88. The summed E-state index contributed by atoms with van der Waals surface area (Å²) in [6.45, 7) is 8.82. The number of terminal acetylenes is 1. The molecular weight excluding hydrogens is 238 g/mol. The van der Waals surface area contributed by atoms with Crippen molar-refractivity contribution in [3.8, 4) is 18.2 Å². The monoisotopic (exact) mass is 261 g/mol. The summed E-state index contributed by atoms with van der Waals surface area (Å²) in [6, 6.07) is 0. The second-order valence-electron chi connectivity index (χ2n) is 4.94. The maximum atomic E-state index is 5.83. The van der Waals surface area contributed by atoms with Gasteiger partial charge in [0.25, 0.3) is 0 Å². The van der Waals surface area contributed by atoms with Crippen LogP contribution in [0.1, 0.15) is 46.1 Å². The van der Waals surface area contributed by atoms with Crippen LogP contribution in [-0.2, 0) is 6.42 Å². The van der Waals surface area contributed by atoms with Gasteiger partial charge in [0.1, 0.15) is 12.1 Å². The third-order valence-corrected chi connectivity index (χ3v) is 2.65. The number of hydrogen-bond donors (Lipinski definition) is 1. The van der Waals surface area contributed by atoms with Crippen molar-refractivity contribution >= 4 is 5.82 Å². The Labute approximate surface area is 116 Å². The van der Waals surface area contributed by atoms with Crippen LogP contribution in [0.15, 0.2) is 6.33 Å².